The third-order valence-corrected chi connectivity index (χ3v) is 1.51. The first-order chi connectivity index (χ1) is 6.11. The van der Waals surface area contributed by atoms with Gasteiger partial charge in [0.1, 0.15) is 0 Å². The van der Waals surface area contributed by atoms with Crippen LogP contribution in [-0.2, 0) is 4.79 Å². The summed E-state index contributed by atoms with van der Waals surface area (Å²) in [5.41, 5.74) is 0.588. The summed E-state index contributed by atoms with van der Waals surface area (Å²) in [6.45, 7) is 5.13. The molecule has 1 rings (SSSR count). The summed E-state index contributed by atoms with van der Waals surface area (Å²) in [4.78, 5) is 12.7. The van der Waals surface area contributed by atoms with Crippen molar-refractivity contribution in [1.29, 1.82) is 0 Å². The van der Waals surface area contributed by atoms with Gasteiger partial charge in [0.2, 0.25) is 0 Å². The van der Waals surface area contributed by atoms with Crippen molar-refractivity contribution < 1.29 is 9.90 Å². The van der Waals surface area contributed by atoms with Crippen LogP contribution in [0.25, 0.3) is 0 Å². The molecule has 68 valence electrons. The molecule has 0 aromatic rings. The number of carbonyl (C=O) groups excluding carboxylic acids is 1. The molecule has 0 aliphatic carbocycles. The van der Waals surface area contributed by atoms with Gasteiger partial charge in [0.05, 0.1) is 5.76 Å². The Kier molecular flexibility index (Phi) is 2.69. The highest BCUT2D eigenvalue weighted by molar-refractivity contribution is 5.90. The fourth-order valence-corrected chi connectivity index (χ4v) is 0.942. The van der Waals surface area contributed by atoms with Crippen molar-refractivity contribution in [2.75, 3.05) is 0 Å². The quantitative estimate of drug-likeness (QED) is 0.490. The lowest BCUT2D eigenvalue weighted by Crippen LogP contribution is -2.23. The smallest absolute Gasteiger partial charge is 0.258 e. The van der Waals surface area contributed by atoms with Gasteiger partial charge in [0.25, 0.3) is 5.91 Å². The van der Waals surface area contributed by atoms with Gasteiger partial charge in [-0.3, -0.25) is 9.69 Å². The predicted octanol–water partition coefficient (Wildman–Crippen LogP) is 1.87. The van der Waals surface area contributed by atoms with E-state index in [9.17, 15) is 4.79 Å². The molecule has 0 aromatic carbocycles. The molecule has 0 saturated carbocycles. The number of hydrogen-bond donors (Lipinski definition) is 1. The van der Waals surface area contributed by atoms with Crippen LogP contribution in [0, 0.1) is 0 Å². The van der Waals surface area contributed by atoms with Gasteiger partial charge in [0, 0.05) is 18.0 Å². The lowest BCUT2D eigenvalue weighted by molar-refractivity contribution is -0.122. The number of aliphatic hydroxyl groups is 1. The maximum Gasteiger partial charge on any atom is 0.258 e. The van der Waals surface area contributed by atoms with E-state index in [0.717, 1.165) is 6.08 Å². The lowest BCUT2D eigenvalue weighted by Gasteiger charge is -2.18. The van der Waals surface area contributed by atoms with Crippen LogP contribution in [0.15, 0.2) is 48.5 Å². The molecule has 0 spiro atoms. The molecule has 3 nitrogen and oxygen atoms in total. The molecule has 0 bridgehead atoms. The number of rotatable bonds is 1. The van der Waals surface area contributed by atoms with Crippen molar-refractivity contribution in [3.8, 4) is 0 Å². The molecule has 0 atom stereocenters. The van der Waals surface area contributed by atoms with Crippen molar-refractivity contribution in [1.82, 2.24) is 4.90 Å². The average molecular weight is 177 g/mol. The zero-order chi connectivity index (χ0) is 9.84. The summed E-state index contributed by atoms with van der Waals surface area (Å²) >= 11 is 0. The van der Waals surface area contributed by atoms with Crippen LogP contribution < -0.4 is 0 Å². The molecule has 0 unspecified atom stereocenters. The number of aliphatic hydroxyl groups excluding tert-OH is 1. The van der Waals surface area contributed by atoms with Crippen LogP contribution in [0.5, 0.6) is 0 Å². The third-order valence-electron chi connectivity index (χ3n) is 1.51. The zero-order valence-corrected chi connectivity index (χ0v) is 7.40. The standard InChI is InChI=1S/C10H11NO2/c1-8-5-3-4-6-11(8)10(13)7-9(2)12/h3-7,12H,1H2,2H3/b9-7+. The Bertz CT molecular complexity index is 320. The van der Waals surface area contributed by atoms with Gasteiger partial charge in [-0.25, -0.2) is 0 Å². The van der Waals surface area contributed by atoms with Gasteiger partial charge in [-0.2, -0.15) is 0 Å². The van der Waals surface area contributed by atoms with Gasteiger partial charge in [-0.1, -0.05) is 12.7 Å². The first-order valence-electron chi connectivity index (χ1n) is 3.85. The molecule has 1 heterocycles. The molecule has 1 amide bonds. The molecule has 0 fully saturated rings. The average Bonchev–Trinajstić information content (AvgIpc) is 2.03. The summed E-state index contributed by atoms with van der Waals surface area (Å²) in [5.74, 6) is -0.314. The van der Waals surface area contributed by atoms with Gasteiger partial charge >= 0.3 is 0 Å². The van der Waals surface area contributed by atoms with E-state index < -0.39 is 0 Å². The molecule has 0 radical (unpaired) electrons. The third kappa shape index (κ3) is 2.33. The zero-order valence-electron chi connectivity index (χ0n) is 7.40. The van der Waals surface area contributed by atoms with Crippen LogP contribution >= 0.6 is 0 Å². The molecule has 0 aromatic heterocycles. The van der Waals surface area contributed by atoms with Crippen molar-refractivity contribution in [3.05, 3.63) is 48.5 Å². The number of amides is 1. The minimum atomic E-state index is -0.300. The fraction of sp³-hybridized carbons (Fsp3) is 0.100. The van der Waals surface area contributed by atoms with Gasteiger partial charge in [0.15, 0.2) is 0 Å². The van der Waals surface area contributed by atoms with Crippen molar-refractivity contribution in [2.24, 2.45) is 0 Å². The Morgan fingerprint density at radius 2 is 2.31 bits per heavy atom. The Morgan fingerprint density at radius 3 is 2.85 bits per heavy atom. The Morgan fingerprint density at radius 1 is 1.62 bits per heavy atom. The number of nitrogens with zero attached hydrogens (tertiary/aromatic N) is 1. The van der Waals surface area contributed by atoms with E-state index >= 15 is 0 Å². The highest BCUT2D eigenvalue weighted by atomic mass is 16.3. The minimum Gasteiger partial charge on any atom is -0.512 e. The molecule has 3 heteroatoms. The first kappa shape index (κ1) is 9.32. The van der Waals surface area contributed by atoms with Gasteiger partial charge < -0.3 is 5.11 Å². The van der Waals surface area contributed by atoms with E-state index in [0.29, 0.717) is 5.70 Å². The van der Waals surface area contributed by atoms with E-state index in [2.05, 4.69) is 6.58 Å². The normalized spacial score (nSPS) is 16.5. The number of allylic oxidation sites excluding steroid dienone is 4. The van der Waals surface area contributed by atoms with Gasteiger partial charge in [-0.05, 0) is 19.1 Å². The highest BCUT2D eigenvalue weighted by Gasteiger charge is 2.11. The van der Waals surface area contributed by atoms with Crippen LogP contribution in [0.3, 0.4) is 0 Å². The largest absolute Gasteiger partial charge is 0.512 e. The van der Waals surface area contributed by atoms with E-state index in [1.54, 1.807) is 24.4 Å². The lowest BCUT2D eigenvalue weighted by atomic mass is 10.3. The molecule has 1 N–H and O–H groups in total. The van der Waals surface area contributed by atoms with Gasteiger partial charge in [-0.15, -0.1) is 0 Å². The van der Waals surface area contributed by atoms with E-state index in [4.69, 9.17) is 5.11 Å². The highest BCUT2D eigenvalue weighted by Crippen LogP contribution is 2.10. The van der Waals surface area contributed by atoms with Crippen molar-refractivity contribution in [2.45, 2.75) is 6.92 Å². The minimum absolute atomic E-state index is 0.0132. The second-order valence-corrected chi connectivity index (χ2v) is 2.69. The molecular weight excluding hydrogens is 166 g/mol. The van der Waals surface area contributed by atoms with E-state index in [1.165, 1.54) is 11.8 Å². The Balaban J connectivity index is 2.79. The van der Waals surface area contributed by atoms with Crippen LogP contribution in [-0.4, -0.2) is 15.9 Å². The van der Waals surface area contributed by atoms with E-state index in [-0.39, 0.29) is 11.7 Å². The molecule has 1 aliphatic heterocycles. The maximum absolute atomic E-state index is 11.4. The SMILES string of the molecule is C=C1C=CC=CN1C(=O)/C=C(\C)O. The second-order valence-electron chi connectivity index (χ2n) is 2.69. The molecular formula is C10H11NO2. The Labute approximate surface area is 77.0 Å². The van der Waals surface area contributed by atoms with Crippen LogP contribution in [0.4, 0.5) is 0 Å². The Hall–Kier alpha value is -1.77. The van der Waals surface area contributed by atoms with Crippen LogP contribution in [0.1, 0.15) is 6.92 Å². The second kappa shape index (κ2) is 3.76. The van der Waals surface area contributed by atoms with Crippen molar-refractivity contribution in [3.63, 3.8) is 0 Å². The predicted molar refractivity (Wildman–Crippen MR) is 50.7 cm³/mol. The summed E-state index contributed by atoms with van der Waals surface area (Å²) < 4.78 is 0. The maximum atomic E-state index is 11.4. The van der Waals surface area contributed by atoms with E-state index in [1.807, 2.05) is 0 Å². The summed E-state index contributed by atoms with van der Waals surface area (Å²) in [6, 6.07) is 0. The monoisotopic (exact) mass is 177 g/mol. The molecule has 1 aliphatic rings. The molecule has 0 saturated heterocycles. The molecule has 13 heavy (non-hydrogen) atoms. The summed E-state index contributed by atoms with van der Waals surface area (Å²) in [5, 5.41) is 8.88. The number of hydrogen-bond acceptors (Lipinski definition) is 2. The number of carbonyl (C=O) groups is 1. The topological polar surface area (TPSA) is 40.5 Å². The fourth-order valence-electron chi connectivity index (χ4n) is 0.942. The summed E-state index contributed by atoms with van der Waals surface area (Å²) in [7, 11) is 0. The summed E-state index contributed by atoms with van der Waals surface area (Å²) in [6.07, 6.45) is 7.99. The first-order valence-corrected chi connectivity index (χ1v) is 3.85. The van der Waals surface area contributed by atoms with Crippen molar-refractivity contribution >= 4 is 5.91 Å². The van der Waals surface area contributed by atoms with Crippen LogP contribution in [0.2, 0.25) is 0 Å².